The fraction of sp³-hybridized carbons (Fsp3) is 0.350. The van der Waals surface area contributed by atoms with Crippen LogP contribution in [0.1, 0.15) is 11.8 Å². The van der Waals surface area contributed by atoms with Crippen molar-refractivity contribution < 1.29 is 34.4 Å². The summed E-state index contributed by atoms with van der Waals surface area (Å²) in [6.45, 7) is 0. The third-order valence-electron chi connectivity index (χ3n) is 6.34. The molecule has 2 aliphatic rings. The standard InChI is InChI=1S/C20H17ClN8O7/c21-18-25-13(22)9-14(26-18)29(7-24-9)15-10(30)20(27-28-23)11(35-15)12(20)36-19(16(31)32,17(33)34)6-8-4-2-1-3-5-8/h1-5,7,10-12,15,30H,6H2,(H,31,32)(H,33,34)(H2,22,25,26)/t10-,11+,12?,15+,20?/m0/s1. The summed E-state index contributed by atoms with van der Waals surface area (Å²) >= 11 is 5.89. The number of aliphatic carboxylic acids is 2. The summed E-state index contributed by atoms with van der Waals surface area (Å²) in [6.07, 6.45) is -4.64. The Morgan fingerprint density at radius 2 is 2.00 bits per heavy atom. The summed E-state index contributed by atoms with van der Waals surface area (Å²) in [7, 11) is 0. The number of nitrogens with zero attached hydrogens (tertiary/aromatic N) is 7. The topological polar surface area (TPSA) is 232 Å². The van der Waals surface area contributed by atoms with Gasteiger partial charge in [0.25, 0.3) is 5.60 Å². The van der Waals surface area contributed by atoms with Gasteiger partial charge in [0, 0.05) is 11.3 Å². The van der Waals surface area contributed by atoms with Crippen LogP contribution >= 0.6 is 11.6 Å². The number of halogens is 1. The summed E-state index contributed by atoms with van der Waals surface area (Å²) in [6, 6.07) is 8.01. The van der Waals surface area contributed by atoms with Crippen molar-refractivity contribution in [2.75, 3.05) is 5.73 Å². The average Bonchev–Trinajstić information content (AvgIpc) is 3.08. The number of hydrogen-bond acceptors (Lipinski definition) is 10. The molecule has 5 atom stereocenters. The van der Waals surface area contributed by atoms with Gasteiger partial charge in [-0.25, -0.2) is 14.6 Å². The van der Waals surface area contributed by atoms with E-state index in [1.165, 1.54) is 10.9 Å². The molecule has 15 nitrogen and oxygen atoms in total. The summed E-state index contributed by atoms with van der Waals surface area (Å²) in [4.78, 5) is 39.1. The maximum Gasteiger partial charge on any atom is 0.348 e. The Morgan fingerprint density at radius 3 is 2.64 bits per heavy atom. The number of hydrogen-bond donors (Lipinski definition) is 4. The minimum Gasteiger partial charge on any atom is -0.479 e. The fourth-order valence-corrected chi connectivity index (χ4v) is 4.68. The van der Waals surface area contributed by atoms with Crippen molar-refractivity contribution in [1.82, 2.24) is 19.5 Å². The molecule has 16 heteroatoms. The quantitative estimate of drug-likeness (QED) is 0.108. The van der Waals surface area contributed by atoms with E-state index in [9.17, 15) is 30.4 Å². The van der Waals surface area contributed by atoms with Gasteiger partial charge in [0.1, 0.15) is 29.4 Å². The molecule has 1 aliphatic heterocycles. The first-order valence-electron chi connectivity index (χ1n) is 10.4. The molecule has 3 heterocycles. The molecule has 2 aromatic heterocycles. The highest BCUT2D eigenvalue weighted by molar-refractivity contribution is 6.28. The number of nitrogens with two attached hydrogens (primary N) is 1. The van der Waals surface area contributed by atoms with E-state index in [1.54, 1.807) is 30.3 Å². The Labute approximate surface area is 205 Å². The Hall–Kier alpha value is -4.01. The number of carbonyl (C=O) groups is 2. The van der Waals surface area contributed by atoms with Gasteiger partial charge in [0.05, 0.1) is 6.33 Å². The maximum absolute atomic E-state index is 12.2. The second-order valence-corrected chi connectivity index (χ2v) is 8.65. The van der Waals surface area contributed by atoms with Crippen LogP contribution in [-0.2, 0) is 25.5 Å². The van der Waals surface area contributed by atoms with Gasteiger partial charge in [-0.15, -0.1) is 0 Å². The minimum atomic E-state index is -2.75. The lowest BCUT2D eigenvalue weighted by molar-refractivity contribution is -0.192. The zero-order chi connectivity index (χ0) is 25.8. The van der Waals surface area contributed by atoms with E-state index < -0.39 is 54.0 Å². The first-order valence-corrected chi connectivity index (χ1v) is 10.8. The second-order valence-electron chi connectivity index (χ2n) is 8.31. The summed E-state index contributed by atoms with van der Waals surface area (Å²) in [5.41, 5.74) is 11.1. The van der Waals surface area contributed by atoms with Gasteiger partial charge in [-0.3, -0.25) is 4.57 Å². The van der Waals surface area contributed by atoms with Gasteiger partial charge >= 0.3 is 11.9 Å². The number of aliphatic hydroxyl groups excluding tert-OH is 1. The third kappa shape index (κ3) is 3.33. The predicted octanol–water partition coefficient (Wildman–Crippen LogP) is 0.919. The van der Waals surface area contributed by atoms with E-state index in [4.69, 9.17) is 26.8 Å². The van der Waals surface area contributed by atoms with E-state index >= 15 is 0 Å². The van der Waals surface area contributed by atoms with Crippen molar-refractivity contribution in [3.05, 3.63) is 57.9 Å². The van der Waals surface area contributed by atoms with Crippen LogP contribution in [0.25, 0.3) is 21.6 Å². The predicted molar refractivity (Wildman–Crippen MR) is 120 cm³/mol. The molecule has 36 heavy (non-hydrogen) atoms. The van der Waals surface area contributed by atoms with Crippen LogP contribution in [0.15, 0.2) is 41.8 Å². The molecular formula is C20H17ClN8O7. The van der Waals surface area contributed by atoms with E-state index in [0.717, 1.165) is 0 Å². The number of fused-ring (bicyclic) bond motifs is 2. The van der Waals surface area contributed by atoms with Crippen LogP contribution in [0.2, 0.25) is 5.28 Å². The van der Waals surface area contributed by atoms with Gasteiger partial charge in [0.15, 0.2) is 17.7 Å². The van der Waals surface area contributed by atoms with Crippen LogP contribution in [0.5, 0.6) is 0 Å². The number of ether oxygens (including phenoxy) is 2. The van der Waals surface area contributed by atoms with E-state index in [0.29, 0.717) is 5.56 Å². The van der Waals surface area contributed by atoms with Crippen molar-refractivity contribution >= 4 is 40.5 Å². The van der Waals surface area contributed by atoms with Gasteiger partial charge in [-0.05, 0) is 22.7 Å². The first kappa shape index (κ1) is 23.7. The van der Waals surface area contributed by atoms with Crippen molar-refractivity contribution in [3.63, 3.8) is 0 Å². The largest absolute Gasteiger partial charge is 0.479 e. The lowest BCUT2D eigenvalue weighted by Crippen LogP contribution is -2.53. The molecule has 1 saturated heterocycles. The number of imidazole rings is 1. The molecule has 5 rings (SSSR count). The third-order valence-corrected chi connectivity index (χ3v) is 6.50. The van der Waals surface area contributed by atoms with Gasteiger partial charge in [0.2, 0.25) is 5.28 Å². The lowest BCUT2D eigenvalue weighted by atomic mass is 9.94. The molecule has 1 aliphatic carbocycles. The molecule has 0 radical (unpaired) electrons. The number of aliphatic hydroxyl groups is 1. The molecule has 1 saturated carbocycles. The van der Waals surface area contributed by atoms with E-state index in [1.807, 2.05) is 0 Å². The zero-order valence-corrected chi connectivity index (χ0v) is 18.8. The van der Waals surface area contributed by atoms with Crippen molar-refractivity contribution in [2.24, 2.45) is 5.11 Å². The molecule has 0 bridgehead atoms. The summed E-state index contributed by atoms with van der Waals surface area (Å²) in [5.74, 6) is -3.55. The fourth-order valence-electron chi connectivity index (χ4n) is 4.51. The Bertz CT molecular complexity index is 1410. The van der Waals surface area contributed by atoms with Crippen molar-refractivity contribution in [1.29, 1.82) is 0 Å². The van der Waals surface area contributed by atoms with Crippen LogP contribution in [0.3, 0.4) is 0 Å². The van der Waals surface area contributed by atoms with Gasteiger partial charge in [-0.2, -0.15) is 9.97 Å². The molecular weight excluding hydrogens is 500 g/mol. The molecule has 0 spiro atoms. The second kappa shape index (κ2) is 8.29. The number of nitrogen functional groups attached to an aromatic ring is 1. The number of rotatable bonds is 8. The molecule has 3 aromatic rings. The minimum absolute atomic E-state index is 0.0130. The maximum atomic E-state index is 12.2. The highest BCUT2D eigenvalue weighted by Gasteiger charge is 2.80. The molecule has 0 amide bonds. The van der Waals surface area contributed by atoms with Crippen LogP contribution in [-0.4, -0.2) is 76.2 Å². The Morgan fingerprint density at radius 1 is 1.31 bits per heavy atom. The number of carboxylic acid groups (broad SMARTS) is 2. The highest BCUT2D eigenvalue weighted by atomic mass is 35.5. The van der Waals surface area contributed by atoms with Crippen LogP contribution in [0, 0.1) is 0 Å². The molecule has 186 valence electrons. The van der Waals surface area contributed by atoms with Crippen molar-refractivity contribution in [3.8, 4) is 0 Å². The summed E-state index contributed by atoms with van der Waals surface area (Å²) < 4.78 is 12.8. The number of aromatic nitrogens is 4. The number of anilines is 1. The molecule has 5 N–H and O–H groups in total. The lowest BCUT2D eigenvalue weighted by Gasteiger charge is -2.29. The van der Waals surface area contributed by atoms with E-state index in [2.05, 4.69) is 25.0 Å². The molecule has 2 fully saturated rings. The van der Waals surface area contributed by atoms with Crippen LogP contribution < -0.4 is 5.73 Å². The van der Waals surface area contributed by atoms with E-state index in [-0.39, 0.29) is 22.3 Å². The number of azide groups is 1. The molecule has 1 aromatic carbocycles. The normalized spacial score (nSPS) is 26.8. The Kier molecular flexibility index (Phi) is 5.46. The molecule has 2 unspecified atom stereocenters. The SMILES string of the molecule is [N-]=[N+]=NC12C(OC(Cc3ccccc3)(C(=O)O)C(=O)O)[C@H]1O[C@@H](n1cnc3c(N)nc(Cl)nc31)[C@@H]2O. The van der Waals surface area contributed by atoms with Gasteiger partial charge in [-0.1, -0.05) is 35.4 Å². The van der Waals surface area contributed by atoms with Gasteiger partial charge < -0.3 is 30.5 Å². The highest BCUT2D eigenvalue weighted by Crippen LogP contribution is 2.59. The average molecular weight is 517 g/mol. The monoisotopic (exact) mass is 516 g/mol. The number of benzene rings is 1. The Balaban J connectivity index is 1.49. The first-order chi connectivity index (χ1) is 17.2. The zero-order valence-electron chi connectivity index (χ0n) is 18.0. The van der Waals surface area contributed by atoms with Crippen molar-refractivity contribution in [2.45, 2.75) is 42.1 Å². The summed E-state index contributed by atoms with van der Waals surface area (Å²) in [5, 5.41) is 34.4. The van der Waals surface area contributed by atoms with Crippen LogP contribution in [0.4, 0.5) is 5.82 Å². The number of carboxylic acids is 2. The smallest absolute Gasteiger partial charge is 0.348 e.